The van der Waals surface area contributed by atoms with E-state index < -0.39 is 11.7 Å². The van der Waals surface area contributed by atoms with E-state index in [0.29, 0.717) is 61.6 Å². The summed E-state index contributed by atoms with van der Waals surface area (Å²) in [5.74, 6) is 0.467. The predicted molar refractivity (Wildman–Crippen MR) is 154 cm³/mol. The Morgan fingerprint density at radius 3 is 2.52 bits per heavy atom. The molecule has 0 radical (unpaired) electrons. The summed E-state index contributed by atoms with van der Waals surface area (Å²) in [5.41, 5.74) is 1.77. The van der Waals surface area contributed by atoms with E-state index in [-0.39, 0.29) is 22.5 Å². The van der Waals surface area contributed by atoms with Gasteiger partial charge in [-0.3, -0.25) is 4.79 Å². The topological polar surface area (TPSA) is 102 Å². The van der Waals surface area contributed by atoms with Crippen molar-refractivity contribution in [1.29, 1.82) is 0 Å². The van der Waals surface area contributed by atoms with Crippen LogP contribution in [0.5, 0.6) is 5.88 Å². The summed E-state index contributed by atoms with van der Waals surface area (Å²) in [6.07, 6.45) is -2.92. The van der Waals surface area contributed by atoms with Crippen molar-refractivity contribution < 1.29 is 17.9 Å². The number of fused-ring (bicyclic) bond motifs is 3. The lowest BCUT2D eigenvalue weighted by Crippen LogP contribution is -2.44. The maximum absolute atomic E-state index is 14.4. The molecule has 2 aromatic carbocycles. The molecule has 4 heterocycles. The van der Waals surface area contributed by atoms with Crippen LogP contribution < -0.4 is 25.8 Å². The molecule has 5 aromatic rings. The van der Waals surface area contributed by atoms with Crippen LogP contribution in [-0.2, 0) is 12.7 Å². The number of ether oxygens (including phenoxy) is 1. The van der Waals surface area contributed by atoms with Gasteiger partial charge in [-0.15, -0.1) is 5.10 Å². The minimum absolute atomic E-state index is 0.0725. The van der Waals surface area contributed by atoms with Crippen molar-refractivity contribution in [2.45, 2.75) is 12.7 Å². The first-order chi connectivity index (χ1) is 20.3. The molecule has 0 bridgehead atoms. The lowest BCUT2D eigenvalue weighted by atomic mass is 10.0. The Balaban J connectivity index is 1.58. The van der Waals surface area contributed by atoms with E-state index >= 15 is 0 Å². The standard InChI is InChI=1S/C29H29F3N8O2/c1-33-9-14-39-23-6-3-18(19-4-8-25(42-2)35-17-19)15-21(23)27-26(28(39)41)36-37-40(27)20-5-7-24(22(16-20)29(30,31)32)38-12-10-34-11-13-38/h3-8,15-17,33-34H,9-14H2,1-2H3. The van der Waals surface area contributed by atoms with Crippen molar-refractivity contribution in [1.82, 2.24) is 35.2 Å². The fourth-order valence-electron chi connectivity index (χ4n) is 5.41. The molecule has 42 heavy (non-hydrogen) atoms. The van der Waals surface area contributed by atoms with Crippen LogP contribution in [0.4, 0.5) is 18.9 Å². The second-order valence-corrected chi connectivity index (χ2v) is 10.0. The minimum atomic E-state index is -4.59. The van der Waals surface area contributed by atoms with Gasteiger partial charge in [0.2, 0.25) is 5.88 Å². The number of rotatable bonds is 7. The van der Waals surface area contributed by atoms with Gasteiger partial charge in [0.25, 0.3) is 5.56 Å². The molecule has 10 nitrogen and oxygen atoms in total. The molecule has 1 aliphatic rings. The Morgan fingerprint density at radius 1 is 1.05 bits per heavy atom. The van der Waals surface area contributed by atoms with Crippen molar-refractivity contribution in [3.05, 3.63) is 70.6 Å². The molecule has 1 aliphatic heterocycles. The minimum Gasteiger partial charge on any atom is -0.481 e. The third kappa shape index (κ3) is 4.94. The quantitative estimate of drug-likeness (QED) is 0.303. The maximum atomic E-state index is 14.4. The highest BCUT2D eigenvalue weighted by atomic mass is 19.4. The van der Waals surface area contributed by atoms with Crippen molar-refractivity contribution in [2.75, 3.05) is 51.8 Å². The number of pyridine rings is 2. The van der Waals surface area contributed by atoms with Gasteiger partial charge in [-0.05, 0) is 49.0 Å². The van der Waals surface area contributed by atoms with E-state index in [0.717, 1.165) is 17.2 Å². The average molecular weight is 579 g/mol. The molecule has 3 aromatic heterocycles. The Labute approximate surface area is 238 Å². The van der Waals surface area contributed by atoms with Crippen LogP contribution in [0, 0.1) is 0 Å². The maximum Gasteiger partial charge on any atom is 0.418 e. The van der Waals surface area contributed by atoms with E-state index in [1.807, 2.05) is 24.3 Å². The number of aromatic nitrogens is 5. The highest BCUT2D eigenvalue weighted by Gasteiger charge is 2.36. The van der Waals surface area contributed by atoms with Gasteiger partial charge in [0.15, 0.2) is 5.52 Å². The number of halogens is 3. The summed E-state index contributed by atoms with van der Waals surface area (Å²) >= 11 is 0. The number of piperazine rings is 1. The third-order valence-electron chi connectivity index (χ3n) is 7.51. The number of nitrogens with zero attached hydrogens (tertiary/aromatic N) is 6. The van der Waals surface area contributed by atoms with Crippen LogP contribution in [0.1, 0.15) is 5.56 Å². The molecule has 0 amide bonds. The summed E-state index contributed by atoms with van der Waals surface area (Å²) in [5, 5.41) is 15.2. The summed E-state index contributed by atoms with van der Waals surface area (Å²) < 4.78 is 51.2. The van der Waals surface area contributed by atoms with Gasteiger partial charge >= 0.3 is 6.18 Å². The first-order valence-electron chi connectivity index (χ1n) is 13.5. The predicted octanol–water partition coefficient (Wildman–Crippen LogP) is 3.45. The first kappa shape index (κ1) is 27.7. The van der Waals surface area contributed by atoms with Crippen molar-refractivity contribution in [2.24, 2.45) is 0 Å². The number of likely N-dealkylation sites (N-methyl/N-ethyl adjacent to an activating group) is 1. The molecule has 1 saturated heterocycles. The van der Waals surface area contributed by atoms with Crippen LogP contribution in [0.25, 0.3) is 38.8 Å². The molecular formula is C29H29F3N8O2. The smallest absolute Gasteiger partial charge is 0.418 e. The number of anilines is 1. The van der Waals surface area contributed by atoms with Crippen molar-refractivity contribution in [3.63, 3.8) is 0 Å². The second kappa shape index (κ2) is 11.1. The fraction of sp³-hybridized carbons (Fsp3) is 0.310. The summed E-state index contributed by atoms with van der Waals surface area (Å²) in [4.78, 5) is 19.6. The SMILES string of the molecule is CNCCn1c(=O)c2nnn(-c3ccc(N4CCNCC4)c(C(F)(F)F)c3)c2c2cc(-c3ccc(OC)nc3)ccc21. The number of nitrogens with one attached hydrogen (secondary N) is 2. The monoisotopic (exact) mass is 578 g/mol. The van der Waals surface area contributed by atoms with Gasteiger partial charge in [-0.2, -0.15) is 13.2 Å². The summed E-state index contributed by atoms with van der Waals surface area (Å²) in [6.45, 7) is 3.04. The van der Waals surface area contributed by atoms with E-state index in [4.69, 9.17) is 4.74 Å². The Bertz CT molecular complexity index is 1810. The number of benzene rings is 2. The molecule has 0 atom stereocenters. The van der Waals surface area contributed by atoms with E-state index in [1.54, 1.807) is 34.8 Å². The number of methoxy groups -OCH3 is 1. The number of alkyl halides is 3. The van der Waals surface area contributed by atoms with E-state index in [2.05, 4.69) is 25.9 Å². The van der Waals surface area contributed by atoms with Gasteiger partial charge in [0.1, 0.15) is 5.52 Å². The zero-order valence-electron chi connectivity index (χ0n) is 23.1. The molecule has 218 valence electrons. The van der Waals surface area contributed by atoms with Crippen LogP contribution >= 0.6 is 0 Å². The van der Waals surface area contributed by atoms with Crippen molar-refractivity contribution >= 4 is 27.6 Å². The summed E-state index contributed by atoms with van der Waals surface area (Å²) in [6, 6.07) is 13.4. The molecule has 1 fully saturated rings. The molecular weight excluding hydrogens is 549 g/mol. The fourth-order valence-corrected chi connectivity index (χ4v) is 5.41. The average Bonchev–Trinajstić information content (AvgIpc) is 3.46. The van der Waals surface area contributed by atoms with Gasteiger partial charge in [0.05, 0.1) is 23.9 Å². The van der Waals surface area contributed by atoms with Gasteiger partial charge in [-0.25, -0.2) is 9.67 Å². The number of hydrogen-bond acceptors (Lipinski definition) is 8. The lowest BCUT2D eigenvalue weighted by Gasteiger charge is -2.31. The Kier molecular flexibility index (Phi) is 7.29. The highest BCUT2D eigenvalue weighted by molar-refractivity contribution is 6.04. The third-order valence-corrected chi connectivity index (χ3v) is 7.51. The van der Waals surface area contributed by atoms with Crippen LogP contribution in [0.3, 0.4) is 0 Å². The van der Waals surface area contributed by atoms with Gasteiger partial charge in [0, 0.05) is 68.2 Å². The molecule has 6 rings (SSSR count). The van der Waals surface area contributed by atoms with E-state index in [1.165, 1.54) is 17.9 Å². The number of hydrogen-bond donors (Lipinski definition) is 2. The first-order valence-corrected chi connectivity index (χ1v) is 13.5. The normalized spacial score (nSPS) is 14.2. The highest BCUT2D eigenvalue weighted by Crippen LogP contribution is 2.39. The van der Waals surface area contributed by atoms with Crippen LogP contribution in [-0.4, -0.2) is 71.4 Å². The molecule has 0 spiro atoms. The lowest BCUT2D eigenvalue weighted by molar-refractivity contribution is -0.137. The largest absolute Gasteiger partial charge is 0.481 e. The zero-order valence-corrected chi connectivity index (χ0v) is 23.1. The Morgan fingerprint density at radius 2 is 1.83 bits per heavy atom. The molecule has 0 unspecified atom stereocenters. The molecule has 13 heteroatoms. The van der Waals surface area contributed by atoms with Crippen LogP contribution in [0.15, 0.2) is 59.5 Å². The van der Waals surface area contributed by atoms with Crippen molar-refractivity contribution in [3.8, 4) is 22.7 Å². The Hall–Kier alpha value is -4.49. The van der Waals surface area contributed by atoms with Gasteiger partial charge in [-0.1, -0.05) is 11.3 Å². The second-order valence-electron chi connectivity index (χ2n) is 10.0. The zero-order chi connectivity index (χ0) is 29.4. The van der Waals surface area contributed by atoms with Gasteiger partial charge < -0.3 is 24.8 Å². The summed E-state index contributed by atoms with van der Waals surface area (Å²) in [7, 11) is 3.33. The van der Waals surface area contributed by atoms with E-state index in [9.17, 15) is 18.0 Å². The van der Waals surface area contributed by atoms with Crippen LogP contribution in [0.2, 0.25) is 0 Å². The molecule has 0 aliphatic carbocycles. The molecule has 2 N–H and O–H groups in total. The molecule has 0 saturated carbocycles.